The second-order valence-corrected chi connectivity index (χ2v) is 9.18. The molecule has 2 aromatic rings. The van der Waals surface area contributed by atoms with E-state index in [1.54, 1.807) is 16.1 Å². The van der Waals surface area contributed by atoms with E-state index in [4.69, 9.17) is 16.0 Å². The van der Waals surface area contributed by atoms with Crippen molar-refractivity contribution in [2.24, 2.45) is 5.92 Å². The molecule has 1 saturated heterocycles. The van der Waals surface area contributed by atoms with Crippen LogP contribution in [0.2, 0.25) is 4.34 Å². The smallest absolute Gasteiger partial charge is 0.220 e. The molecule has 1 saturated carbocycles. The van der Waals surface area contributed by atoms with Gasteiger partial charge in [-0.15, -0.1) is 11.3 Å². The summed E-state index contributed by atoms with van der Waals surface area (Å²) in [6.45, 7) is 0.537. The maximum absolute atomic E-state index is 12.9. The fraction of sp³-hybridized carbons (Fsp3) is 0.500. The number of furan rings is 1. The Hall–Kier alpha value is -0.890. The van der Waals surface area contributed by atoms with Crippen molar-refractivity contribution in [1.82, 2.24) is 9.29 Å². The highest BCUT2D eigenvalue weighted by molar-refractivity contribution is 7.88. The predicted octanol–water partition coefficient (Wildman–Crippen LogP) is 3.23. The highest BCUT2D eigenvalue weighted by Gasteiger charge is 2.61. The van der Waals surface area contributed by atoms with Crippen molar-refractivity contribution in [3.8, 4) is 0 Å². The molecular formula is C14H15ClN2O3S2. The van der Waals surface area contributed by atoms with Crippen molar-refractivity contribution in [2.45, 2.75) is 30.6 Å². The summed E-state index contributed by atoms with van der Waals surface area (Å²) < 4.78 is 33.5. The Morgan fingerprint density at radius 2 is 2.36 bits per heavy atom. The Balaban J connectivity index is 1.71. The molecule has 0 spiro atoms. The third-order valence-electron chi connectivity index (χ3n) is 4.87. The zero-order valence-electron chi connectivity index (χ0n) is 11.7. The third-order valence-corrected chi connectivity index (χ3v) is 7.83. The van der Waals surface area contributed by atoms with Crippen LogP contribution in [-0.4, -0.2) is 24.3 Å². The first-order valence-electron chi connectivity index (χ1n) is 7.16. The Bertz CT molecular complexity index is 787. The third kappa shape index (κ3) is 1.99. The fourth-order valence-electron chi connectivity index (χ4n) is 3.77. The van der Waals surface area contributed by atoms with Gasteiger partial charge in [0.05, 0.1) is 23.0 Å². The topological polar surface area (TPSA) is 63.4 Å². The van der Waals surface area contributed by atoms with Crippen LogP contribution >= 0.6 is 22.9 Å². The molecule has 2 aliphatic rings. The molecule has 2 fully saturated rings. The average Bonchev–Trinajstić information content (AvgIpc) is 3.13. The second-order valence-electron chi connectivity index (χ2n) is 5.83. The highest BCUT2D eigenvalue weighted by Crippen LogP contribution is 2.58. The molecular weight excluding hydrogens is 344 g/mol. The summed E-state index contributed by atoms with van der Waals surface area (Å²) in [6.07, 6.45) is 4.35. The number of rotatable bonds is 4. The van der Waals surface area contributed by atoms with Crippen molar-refractivity contribution in [3.63, 3.8) is 0 Å². The monoisotopic (exact) mass is 358 g/mol. The van der Waals surface area contributed by atoms with Crippen LogP contribution < -0.4 is 0 Å². The van der Waals surface area contributed by atoms with E-state index in [9.17, 15) is 8.42 Å². The summed E-state index contributed by atoms with van der Waals surface area (Å²) in [6, 6.07) is 3.70. The number of aromatic nitrogens is 1. The van der Waals surface area contributed by atoms with E-state index in [0.29, 0.717) is 22.5 Å². The average molecular weight is 359 g/mol. The number of nitrogens with zero attached hydrogens (tertiary/aromatic N) is 2. The summed E-state index contributed by atoms with van der Waals surface area (Å²) in [4.78, 5) is 4.08. The lowest BCUT2D eigenvalue weighted by Gasteiger charge is -2.47. The van der Waals surface area contributed by atoms with Crippen molar-refractivity contribution in [1.29, 1.82) is 0 Å². The quantitative estimate of drug-likeness (QED) is 0.841. The molecule has 4 rings (SSSR count). The first-order valence-corrected chi connectivity index (χ1v) is 10.0. The molecule has 0 radical (unpaired) electrons. The number of fused-ring (bicyclic) bond motifs is 1. The van der Waals surface area contributed by atoms with Crippen LogP contribution in [-0.2, 0) is 21.3 Å². The van der Waals surface area contributed by atoms with Gasteiger partial charge in [0, 0.05) is 6.54 Å². The van der Waals surface area contributed by atoms with E-state index in [-0.39, 0.29) is 5.75 Å². The summed E-state index contributed by atoms with van der Waals surface area (Å²) >= 11 is 7.27. The molecule has 1 aliphatic heterocycles. The zero-order valence-corrected chi connectivity index (χ0v) is 14.1. The molecule has 0 bridgehead atoms. The number of hydrogen-bond acceptors (Lipinski definition) is 5. The van der Waals surface area contributed by atoms with Crippen molar-refractivity contribution >= 4 is 33.0 Å². The van der Waals surface area contributed by atoms with Crippen molar-refractivity contribution in [2.75, 3.05) is 6.54 Å². The van der Waals surface area contributed by atoms with Gasteiger partial charge in [0.25, 0.3) is 0 Å². The minimum Gasteiger partial charge on any atom is -0.467 e. The van der Waals surface area contributed by atoms with Crippen LogP contribution in [0.5, 0.6) is 0 Å². The molecule has 22 heavy (non-hydrogen) atoms. The molecule has 8 heteroatoms. The minimum absolute atomic E-state index is 0.148. The zero-order chi connectivity index (χ0) is 15.4. The number of sulfonamides is 1. The molecule has 0 aromatic carbocycles. The minimum atomic E-state index is -3.49. The number of halogens is 1. The summed E-state index contributed by atoms with van der Waals surface area (Å²) in [7, 11) is -3.49. The maximum Gasteiger partial charge on any atom is 0.220 e. The van der Waals surface area contributed by atoms with Gasteiger partial charge in [-0.05, 0) is 37.3 Å². The van der Waals surface area contributed by atoms with Crippen LogP contribution in [0.15, 0.2) is 28.3 Å². The summed E-state index contributed by atoms with van der Waals surface area (Å²) in [5.41, 5.74) is 1.51. The Labute approximate surface area is 138 Å². The van der Waals surface area contributed by atoms with Gasteiger partial charge in [0.2, 0.25) is 10.0 Å². The van der Waals surface area contributed by atoms with Crippen LogP contribution in [0.25, 0.3) is 0 Å². The van der Waals surface area contributed by atoms with Crippen LogP contribution in [0, 0.1) is 5.92 Å². The molecule has 1 aliphatic carbocycles. The summed E-state index contributed by atoms with van der Waals surface area (Å²) in [5, 5.41) is 0. The van der Waals surface area contributed by atoms with Gasteiger partial charge in [-0.3, -0.25) is 0 Å². The standard InChI is InChI=1S/C14H15ClN2O3S2/c15-13-11(16-9-21-13)8-22(18,19)17-6-4-10-3-5-14(10,17)12-2-1-7-20-12/h1-2,7,9-10H,3-6,8H2/t10-,14-/m0/s1. The number of thiazole rings is 1. The Morgan fingerprint density at radius 3 is 2.95 bits per heavy atom. The molecule has 3 heterocycles. The Kier molecular flexibility index (Phi) is 3.38. The van der Waals surface area contributed by atoms with Crippen LogP contribution in [0.3, 0.4) is 0 Å². The summed E-state index contributed by atoms with van der Waals surface area (Å²) in [5.74, 6) is 0.957. The van der Waals surface area contributed by atoms with E-state index in [1.807, 2.05) is 12.1 Å². The Morgan fingerprint density at radius 1 is 1.50 bits per heavy atom. The van der Waals surface area contributed by atoms with Crippen LogP contribution in [0.4, 0.5) is 0 Å². The maximum atomic E-state index is 12.9. The first kappa shape index (κ1) is 14.7. The van der Waals surface area contributed by atoms with Crippen molar-refractivity contribution in [3.05, 3.63) is 39.7 Å². The van der Waals surface area contributed by atoms with Gasteiger partial charge < -0.3 is 4.42 Å². The van der Waals surface area contributed by atoms with E-state index >= 15 is 0 Å². The molecule has 5 nitrogen and oxygen atoms in total. The largest absolute Gasteiger partial charge is 0.467 e. The molecule has 0 N–H and O–H groups in total. The van der Waals surface area contributed by atoms with Crippen LogP contribution in [0.1, 0.15) is 30.7 Å². The fourth-order valence-corrected chi connectivity index (χ4v) is 6.63. The second kappa shape index (κ2) is 5.06. The lowest BCUT2D eigenvalue weighted by molar-refractivity contribution is 0.0465. The molecule has 0 unspecified atom stereocenters. The lowest BCUT2D eigenvalue weighted by Crippen LogP contribution is -2.53. The molecule has 0 amide bonds. The lowest BCUT2D eigenvalue weighted by atomic mass is 9.66. The van der Waals surface area contributed by atoms with Gasteiger partial charge in [0.1, 0.15) is 15.8 Å². The highest BCUT2D eigenvalue weighted by atomic mass is 35.5. The molecule has 2 atom stereocenters. The van der Waals surface area contributed by atoms with Gasteiger partial charge >= 0.3 is 0 Å². The van der Waals surface area contributed by atoms with Crippen molar-refractivity contribution < 1.29 is 12.8 Å². The van der Waals surface area contributed by atoms with Gasteiger partial charge in [-0.2, -0.15) is 4.31 Å². The number of hydrogen-bond donors (Lipinski definition) is 0. The van der Waals surface area contributed by atoms with Gasteiger partial charge in [0.15, 0.2) is 0 Å². The van der Waals surface area contributed by atoms with Gasteiger partial charge in [-0.1, -0.05) is 11.6 Å². The van der Waals surface area contributed by atoms with E-state index < -0.39 is 15.6 Å². The van der Waals surface area contributed by atoms with E-state index in [2.05, 4.69) is 4.98 Å². The molecule has 118 valence electrons. The van der Waals surface area contributed by atoms with Gasteiger partial charge in [-0.25, -0.2) is 13.4 Å². The normalized spacial score (nSPS) is 28.5. The predicted molar refractivity (Wildman–Crippen MR) is 84.2 cm³/mol. The SMILES string of the molecule is O=S(=O)(Cc1ncsc1Cl)N1CC[C@@H]2CC[C@@]21c1ccco1. The van der Waals surface area contributed by atoms with E-state index in [1.165, 1.54) is 11.3 Å². The molecule has 2 aromatic heterocycles. The first-order chi connectivity index (χ1) is 10.5. The van der Waals surface area contributed by atoms with E-state index in [0.717, 1.165) is 25.0 Å².